The molecule has 142 valence electrons. The van der Waals surface area contributed by atoms with Gasteiger partial charge in [-0.05, 0) is 60.9 Å². The Kier molecular flexibility index (Phi) is 5.38. The Morgan fingerprint density at radius 2 is 1.79 bits per heavy atom. The van der Waals surface area contributed by atoms with E-state index in [0.717, 1.165) is 16.9 Å². The minimum absolute atomic E-state index is 0.0367. The van der Waals surface area contributed by atoms with Crippen LogP contribution in [0, 0.1) is 11.6 Å². The van der Waals surface area contributed by atoms with E-state index in [9.17, 15) is 13.6 Å². The summed E-state index contributed by atoms with van der Waals surface area (Å²) in [5, 5.41) is 2.62. The van der Waals surface area contributed by atoms with Crippen LogP contribution in [0.4, 0.5) is 14.5 Å². The highest BCUT2D eigenvalue weighted by molar-refractivity contribution is 7.99. The van der Waals surface area contributed by atoms with Crippen molar-refractivity contribution in [2.75, 3.05) is 5.32 Å². The van der Waals surface area contributed by atoms with Gasteiger partial charge in [-0.2, -0.15) is 0 Å². The van der Waals surface area contributed by atoms with Crippen molar-refractivity contribution in [2.24, 2.45) is 0 Å². The van der Waals surface area contributed by atoms with Crippen molar-refractivity contribution in [3.8, 4) is 0 Å². The Labute approximate surface area is 170 Å². The molecule has 1 amide bonds. The zero-order chi connectivity index (χ0) is 19.7. The Hall–Kier alpha value is -2.37. The molecule has 3 aromatic carbocycles. The molecule has 3 aromatic rings. The third-order valence-electron chi connectivity index (χ3n) is 4.73. The molecular weight excluding hydrogens is 400 g/mol. The van der Waals surface area contributed by atoms with Crippen LogP contribution in [0.1, 0.15) is 33.2 Å². The van der Waals surface area contributed by atoms with Crippen LogP contribution >= 0.6 is 23.4 Å². The SMILES string of the molecule is O=C(Nc1ccc(F)c(Cl)c1)c1ccc(F)c2c1CC[C@@H]2Sc1ccccc1. The average molecular weight is 416 g/mol. The van der Waals surface area contributed by atoms with Crippen LogP contribution in [0.5, 0.6) is 0 Å². The minimum atomic E-state index is -0.553. The second kappa shape index (κ2) is 7.94. The fourth-order valence-corrected chi connectivity index (χ4v) is 4.87. The molecule has 6 heteroatoms. The maximum absolute atomic E-state index is 14.6. The van der Waals surface area contributed by atoms with Crippen molar-refractivity contribution in [1.29, 1.82) is 0 Å². The van der Waals surface area contributed by atoms with Crippen LogP contribution in [0.2, 0.25) is 5.02 Å². The summed E-state index contributed by atoms with van der Waals surface area (Å²) in [5.74, 6) is -1.20. The number of halogens is 3. The molecule has 28 heavy (non-hydrogen) atoms. The normalized spacial score (nSPS) is 15.3. The standard InChI is InChI=1S/C22H16ClF2NOS/c23-17-12-13(6-9-18(17)24)26-22(27)16-7-10-19(25)21-15(16)8-11-20(21)28-14-4-2-1-3-5-14/h1-7,9-10,12,20H,8,11H2,(H,26,27)/t20-/m0/s1. The van der Waals surface area contributed by atoms with Crippen LogP contribution in [0.25, 0.3) is 0 Å². The quantitative estimate of drug-likeness (QED) is 0.516. The van der Waals surface area contributed by atoms with Crippen molar-refractivity contribution in [2.45, 2.75) is 23.0 Å². The van der Waals surface area contributed by atoms with Gasteiger partial charge in [0.25, 0.3) is 5.91 Å². The molecular formula is C22H16ClF2NOS. The number of nitrogens with one attached hydrogen (secondary N) is 1. The van der Waals surface area contributed by atoms with Crippen LogP contribution < -0.4 is 5.32 Å². The topological polar surface area (TPSA) is 29.1 Å². The molecule has 0 radical (unpaired) electrons. The molecule has 0 fully saturated rings. The number of hydrogen-bond acceptors (Lipinski definition) is 2. The maximum atomic E-state index is 14.6. The van der Waals surface area contributed by atoms with Gasteiger partial charge < -0.3 is 5.32 Å². The molecule has 1 N–H and O–H groups in total. The van der Waals surface area contributed by atoms with Gasteiger partial charge in [-0.3, -0.25) is 4.79 Å². The number of hydrogen-bond donors (Lipinski definition) is 1. The number of amides is 1. The number of anilines is 1. The molecule has 0 spiro atoms. The van der Waals surface area contributed by atoms with Crippen LogP contribution in [-0.4, -0.2) is 5.91 Å². The summed E-state index contributed by atoms with van der Waals surface area (Å²) in [7, 11) is 0. The summed E-state index contributed by atoms with van der Waals surface area (Å²) in [6.07, 6.45) is 1.39. The van der Waals surface area contributed by atoms with Gasteiger partial charge in [0.2, 0.25) is 0 Å². The molecule has 4 rings (SSSR count). The summed E-state index contributed by atoms with van der Waals surface area (Å²) in [6, 6.07) is 16.7. The second-order valence-corrected chi connectivity index (χ2v) is 8.21. The van der Waals surface area contributed by atoms with E-state index in [1.54, 1.807) is 11.8 Å². The van der Waals surface area contributed by atoms with Gasteiger partial charge in [0.1, 0.15) is 11.6 Å². The molecule has 0 unspecified atom stereocenters. The van der Waals surface area contributed by atoms with Gasteiger partial charge in [-0.15, -0.1) is 11.8 Å². The van der Waals surface area contributed by atoms with Crippen LogP contribution in [0.15, 0.2) is 65.6 Å². The number of fused-ring (bicyclic) bond motifs is 1. The molecule has 1 aliphatic carbocycles. The molecule has 1 aliphatic rings. The lowest BCUT2D eigenvalue weighted by molar-refractivity contribution is 0.102. The van der Waals surface area contributed by atoms with Gasteiger partial charge >= 0.3 is 0 Å². The predicted octanol–water partition coefficient (Wildman–Crippen LogP) is 6.65. The van der Waals surface area contributed by atoms with E-state index >= 15 is 0 Å². The number of benzene rings is 3. The molecule has 0 saturated carbocycles. The van der Waals surface area contributed by atoms with E-state index in [1.807, 2.05) is 30.3 Å². The monoisotopic (exact) mass is 415 g/mol. The number of thioether (sulfide) groups is 1. The third kappa shape index (κ3) is 3.77. The second-order valence-electron chi connectivity index (χ2n) is 6.53. The van der Waals surface area contributed by atoms with Gasteiger partial charge in [0.05, 0.1) is 5.02 Å². The van der Waals surface area contributed by atoms with Crippen LogP contribution in [-0.2, 0) is 6.42 Å². The molecule has 2 nitrogen and oxygen atoms in total. The van der Waals surface area contributed by atoms with Gasteiger partial charge in [-0.1, -0.05) is 29.8 Å². The Bertz CT molecular complexity index is 1040. The largest absolute Gasteiger partial charge is 0.322 e. The van der Waals surface area contributed by atoms with Gasteiger partial charge in [0, 0.05) is 27.0 Å². The van der Waals surface area contributed by atoms with E-state index in [0.29, 0.717) is 23.2 Å². The number of rotatable bonds is 4. The number of carbonyl (C=O) groups is 1. The molecule has 0 aliphatic heterocycles. The fraction of sp³-hybridized carbons (Fsp3) is 0.136. The van der Waals surface area contributed by atoms with Crippen LogP contribution in [0.3, 0.4) is 0 Å². The third-order valence-corrected chi connectivity index (χ3v) is 6.32. The lowest BCUT2D eigenvalue weighted by Gasteiger charge is -2.14. The Balaban J connectivity index is 1.61. The predicted molar refractivity (Wildman–Crippen MR) is 109 cm³/mol. The maximum Gasteiger partial charge on any atom is 0.255 e. The molecule has 0 heterocycles. The van der Waals surface area contributed by atoms with E-state index < -0.39 is 5.82 Å². The molecule has 1 atom stereocenters. The van der Waals surface area contributed by atoms with E-state index in [-0.39, 0.29) is 22.0 Å². The number of carbonyl (C=O) groups excluding carboxylic acids is 1. The highest BCUT2D eigenvalue weighted by atomic mass is 35.5. The summed E-state index contributed by atoms with van der Waals surface area (Å²) in [6.45, 7) is 0. The zero-order valence-corrected chi connectivity index (χ0v) is 16.3. The van der Waals surface area contributed by atoms with Crippen molar-refractivity contribution in [1.82, 2.24) is 0 Å². The van der Waals surface area contributed by atoms with Crippen molar-refractivity contribution < 1.29 is 13.6 Å². The first-order chi connectivity index (χ1) is 13.5. The first-order valence-electron chi connectivity index (χ1n) is 8.82. The molecule has 0 aromatic heterocycles. The smallest absolute Gasteiger partial charge is 0.255 e. The lowest BCUT2D eigenvalue weighted by Crippen LogP contribution is -2.15. The molecule has 0 bridgehead atoms. The fourth-order valence-electron chi connectivity index (χ4n) is 3.44. The van der Waals surface area contributed by atoms with Crippen molar-refractivity contribution >= 4 is 35.0 Å². The zero-order valence-electron chi connectivity index (χ0n) is 14.7. The van der Waals surface area contributed by atoms with E-state index in [2.05, 4.69) is 5.32 Å². The Morgan fingerprint density at radius 1 is 1.04 bits per heavy atom. The van der Waals surface area contributed by atoms with E-state index in [4.69, 9.17) is 11.6 Å². The summed E-state index contributed by atoms with van der Waals surface area (Å²) >= 11 is 7.38. The van der Waals surface area contributed by atoms with E-state index in [1.165, 1.54) is 30.3 Å². The molecule has 0 saturated heterocycles. The van der Waals surface area contributed by atoms with Crippen molar-refractivity contribution in [3.63, 3.8) is 0 Å². The summed E-state index contributed by atoms with van der Waals surface area (Å²) < 4.78 is 27.9. The Morgan fingerprint density at radius 3 is 2.54 bits per heavy atom. The summed E-state index contributed by atoms with van der Waals surface area (Å²) in [4.78, 5) is 13.8. The van der Waals surface area contributed by atoms with Gasteiger partial charge in [0.15, 0.2) is 0 Å². The average Bonchev–Trinajstić information content (AvgIpc) is 3.10. The first kappa shape index (κ1) is 19.0. The highest BCUT2D eigenvalue weighted by Gasteiger charge is 2.30. The highest BCUT2D eigenvalue weighted by Crippen LogP contribution is 2.46. The van der Waals surface area contributed by atoms with Crippen molar-refractivity contribution in [3.05, 3.63) is 94.0 Å². The minimum Gasteiger partial charge on any atom is -0.322 e. The van der Waals surface area contributed by atoms with Gasteiger partial charge in [-0.25, -0.2) is 8.78 Å². The first-order valence-corrected chi connectivity index (χ1v) is 10.1. The lowest BCUT2D eigenvalue weighted by atomic mass is 10.0. The summed E-state index contributed by atoms with van der Waals surface area (Å²) in [5.41, 5.74) is 2.16.